The molecule has 0 saturated heterocycles. The Kier molecular flexibility index (Phi) is 3.63. The third-order valence-corrected chi connectivity index (χ3v) is 2.73. The highest BCUT2D eigenvalue weighted by Crippen LogP contribution is 2.33. The van der Waals surface area contributed by atoms with Crippen molar-refractivity contribution in [3.05, 3.63) is 58.7 Å². The number of carbonyl (C=O) groups excluding carboxylic acids is 1. The highest BCUT2D eigenvalue weighted by atomic mass is 19.2. The Balaban J connectivity index is 2.89. The Morgan fingerprint density at radius 3 is 1.76 bits per heavy atom. The molecular weight excluding hydrogens is 300 g/mol. The second kappa shape index (κ2) is 5.12. The van der Waals surface area contributed by atoms with Gasteiger partial charge in [0.25, 0.3) is 0 Å². The smallest absolute Gasteiger partial charge is 0.249 e. The van der Waals surface area contributed by atoms with Crippen LogP contribution in [0.5, 0.6) is 0 Å². The minimum Gasteiger partial charge on any atom is -0.366 e. The molecule has 2 N–H and O–H groups in total. The number of hydrogen-bond acceptors (Lipinski definition) is 1. The Morgan fingerprint density at radius 2 is 1.29 bits per heavy atom. The maximum Gasteiger partial charge on any atom is 0.249 e. The van der Waals surface area contributed by atoms with E-state index in [-0.39, 0.29) is 0 Å². The molecule has 21 heavy (non-hydrogen) atoms. The predicted molar refractivity (Wildman–Crippen MR) is 60.1 cm³/mol. The fourth-order valence-corrected chi connectivity index (χ4v) is 1.78. The summed E-state index contributed by atoms with van der Waals surface area (Å²) in [5.41, 5.74) is 2.16. The molecule has 0 bridgehead atoms. The van der Waals surface area contributed by atoms with Gasteiger partial charge in [-0.15, -0.1) is 0 Å². The molecule has 0 aliphatic carbocycles. The van der Waals surface area contributed by atoms with Crippen molar-refractivity contribution >= 4 is 5.91 Å². The van der Waals surface area contributed by atoms with Crippen molar-refractivity contribution in [3.8, 4) is 11.1 Å². The van der Waals surface area contributed by atoms with Gasteiger partial charge in [-0.3, -0.25) is 4.79 Å². The van der Waals surface area contributed by atoms with Crippen LogP contribution in [0.1, 0.15) is 10.4 Å². The average molecular weight is 305 g/mol. The summed E-state index contributed by atoms with van der Waals surface area (Å²) in [4.78, 5) is 11.2. The minimum atomic E-state index is -2.34. The molecule has 8 heteroatoms. The van der Waals surface area contributed by atoms with E-state index in [9.17, 15) is 31.1 Å². The summed E-state index contributed by atoms with van der Waals surface area (Å²) in [7, 11) is 0. The van der Waals surface area contributed by atoms with Gasteiger partial charge in [0.15, 0.2) is 23.3 Å². The molecule has 110 valence electrons. The van der Waals surface area contributed by atoms with E-state index in [0.717, 1.165) is 0 Å². The SMILES string of the molecule is NC(=O)c1cc(F)ccc1-c1c(F)c(F)c(F)c(F)c1F. The number of amides is 1. The third-order valence-electron chi connectivity index (χ3n) is 2.73. The number of nitrogens with two attached hydrogens (primary N) is 1. The summed E-state index contributed by atoms with van der Waals surface area (Å²) < 4.78 is 79.6. The quantitative estimate of drug-likeness (QED) is 0.516. The van der Waals surface area contributed by atoms with Crippen LogP contribution in [0.4, 0.5) is 26.3 Å². The van der Waals surface area contributed by atoms with Crippen LogP contribution >= 0.6 is 0 Å². The van der Waals surface area contributed by atoms with Gasteiger partial charge in [-0.2, -0.15) is 0 Å². The first-order chi connectivity index (χ1) is 9.75. The minimum absolute atomic E-state index is 0.537. The molecular formula is C13H5F6NO. The topological polar surface area (TPSA) is 43.1 Å². The van der Waals surface area contributed by atoms with Gasteiger partial charge >= 0.3 is 0 Å². The number of hydrogen-bond donors (Lipinski definition) is 1. The molecule has 2 aromatic rings. The molecule has 0 saturated carbocycles. The predicted octanol–water partition coefficient (Wildman–Crippen LogP) is 3.29. The van der Waals surface area contributed by atoms with Crippen LogP contribution in [0.15, 0.2) is 18.2 Å². The number of primary amides is 1. The van der Waals surface area contributed by atoms with Gasteiger partial charge in [-0.05, 0) is 12.1 Å². The zero-order chi connectivity index (χ0) is 15.9. The molecule has 0 unspecified atom stereocenters. The molecule has 2 nitrogen and oxygen atoms in total. The molecule has 0 spiro atoms. The van der Waals surface area contributed by atoms with Gasteiger partial charge in [-0.25, -0.2) is 26.3 Å². The van der Waals surface area contributed by atoms with Gasteiger partial charge < -0.3 is 5.73 Å². The fourth-order valence-electron chi connectivity index (χ4n) is 1.78. The molecule has 2 aromatic carbocycles. The molecule has 0 fully saturated rings. The maximum absolute atomic E-state index is 13.7. The molecule has 0 aromatic heterocycles. The third kappa shape index (κ3) is 2.32. The van der Waals surface area contributed by atoms with Crippen LogP contribution in [-0.4, -0.2) is 5.91 Å². The van der Waals surface area contributed by atoms with Crippen LogP contribution < -0.4 is 5.73 Å². The normalized spacial score (nSPS) is 10.8. The lowest BCUT2D eigenvalue weighted by Crippen LogP contribution is -2.14. The van der Waals surface area contributed by atoms with E-state index >= 15 is 0 Å². The van der Waals surface area contributed by atoms with Crippen LogP contribution in [0.25, 0.3) is 11.1 Å². The van der Waals surface area contributed by atoms with Crippen molar-refractivity contribution in [2.45, 2.75) is 0 Å². The van der Waals surface area contributed by atoms with E-state index in [2.05, 4.69) is 0 Å². The zero-order valence-corrected chi connectivity index (χ0v) is 9.99. The lowest BCUT2D eigenvalue weighted by molar-refractivity contribution is 0.100. The van der Waals surface area contributed by atoms with Crippen LogP contribution in [-0.2, 0) is 0 Å². The van der Waals surface area contributed by atoms with Gasteiger partial charge in [0.1, 0.15) is 5.82 Å². The average Bonchev–Trinajstić information content (AvgIpc) is 2.44. The Morgan fingerprint density at radius 1 is 0.810 bits per heavy atom. The highest BCUT2D eigenvalue weighted by molar-refractivity contribution is 6.00. The van der Waals surface area contributed by atoms with Crippen LogP contribution in [0.2, 0.25) is 0 Å². The van der Waals surface area contributed by atoms with Gasteiger partial charge in [0.2, 0.25) is 11.7 Å². The van der Waals surface area contributed by atoms with E-state index < -0.39 is 57.5 Å². The monoisotopic (exact) mass is 305 g/mol. The van der Waals surface area contributed by atoms with Gasteiger partial charge in [0, 0.05) is 5.56 Å². The van der Waals surface area contributed by atoms with Gasteiger partial charge in [0.05, 0.1) is 11.1 Å². The fraction of sp³-hybridized carbons (Fsp3) is 0. The van der Waals surface area contributed by atoms with E-state index in [1.807, 2.05) is 0 Å². The largest absolute Gasteiger partial charge is 0.366 e. The lowest BCUT2D eigenvalue weighted by atomic mass is 9.97. The Bertz CT molecular complexity index is 730. The Hall–Kier alpha value is -2.51. The van der Waals surface area contributed by atoms with Crippen molar-refractivity contribution in [2.24, 2.45) is 5.73 Å². The first kappa shape index (κ1) is 14.9. The molecule has 0 atom stereocenters. The maximum atomic E-state index is 13.7. The Labute approximate surface area is 113 Å². The summed E-state index contributed by atoms with van der Waals surface area (Å²) in [5.74, 6) is -13.2. The second-order valence-corrected chi connectivity index (χ2v) is 4.00. The number of halogens is 6. The summed E-state index contributed by atoms with van der Waals surface area (Å²) in [5, 5.41) is 0. The van der Waals surface area contributed by atoms with Crippen LogP contribution in [0.3, 0.4) is 0 Å². The van der Waals surface area contributed by atoms with E-state index in [0.29, 0.717) is 18.2 Å². The number of rotatable bonds is 2. The van der Waals surface area contributed by atoms with Gasteiger partial charge in [-0.1, -0.05) is 6.07 Å². The van der Waals surface area contributed by atoms with Crippen molar-refractivity contribution in [1.82, 2.24) is 0 Å². The van der Waals surface area contributed by atoms with E-state index in [4.69, 9.17) is 5.73 Å². The molecule has 2 rings (SSSR count). The van der Waals surface area contributed by atoms with Crippen LogP contribution in [0, 0.1) is 34.9 Å². The zero-order valence-electron chi connectivity index (χ0n) is 9.99. The van der Waals surface area contributed by atoms with Crippen molar-refractivity contribution in [1.29, 1.82) is 0 Å². The van der Waals surface area contributed by atoms with Crippen molar-refractivity contribution in [2.75, 3.05) is 0 Å². The molecule has 0 heterocycles. The molecule has 0 aliphatic heterocycles. The first-order valence-electron chi connectivity index (χ1n) is 5.36. The number of benzene rings is 2. The standard InChI is InChI=1S/C13H5F6NO/c14-4-1-2-5(6(3-4)13(20)21)7-8(15)10(17)12(19)11(18)9(7)16/h1-3H,(H2,20,21). The molecule has 1 amide bonds. The van der Waals surface area contributed by atoms with E-state index in [1.54, 1.807) is 0 Å². The van der Waals surface area contributed by atoms with Crippen molar-refractivity contribution < 1.29 is 31.1 Å². The lowest BCUT2D eigenvalue weighted by Gasteiger charge is -2.11. The second-order valence-electron chi connectivity index (χ2n) is 4.00. The molecule has 0 aliphatic rings. The summed E-state index contributed by atoms with van der Waals surface area (Å²) in [6, 6.07) is 1.93. The number of carbonyl (C=O) groups is 1. The first-order valence-corrected chi connectivity index (χ1v) is 5.36. The summed E-state index contributed by atoms with van der Waals surface area (Å²) >= 11 is 0. The summed E-state index contributed by atoms with van der Waals surface area (Å²) in [6.07, 6.45) is 0. The summed E-state index contributed by atoms with van der Waals surface area (Å²) in [6.45, 7) is 0. The van der Waals surface area contributed by atoms with E-state index in [1.165, 1.54) is 0 Å². The highest BCUT2D eigenvalue weighted by Gasteiger charge is 2.28. The molecule has 0 radical (unpaired) electrons. The van der Waals surface area contributed by atoms with Crippen molar-refractivity contribution in [3.63, 3.8) is 0 Å².